The molecule has 0 aliphatic carbocycles. The Morgan fingerprint density at radius 2 is 1.66 bits per heavy atom. The lowest BCUT2D eigenvalue weighted by atomic mass is 9.96. The van der Waals surface area contributed by atoms with Crippen molar-refractivity contribution >= 4 is 30.0 Å². The first-order valence-electron chi connectivity index (χ1n) is 9.70. The van der Waals surface area contributed by atoms with E-state index in [0.717, 1.165) is 27.8 Å². The summed E-state index contributed by atoms with van der Waals surface area (Å²) in [5.41, 5.74) is 10.7. The van der Waals surface area contributed by atoms with Crippen molar-refractivity contribution in [2.24, 2.45) is 5.73 Å². The molecule has 0 amide bonds. The van der Waals surface area contributed by atoms with Gasteiger partial charge in [-0.2, -0.15) is 0 Å². The zero-order valence-corrected chi connectivity index (χ0v) is 18.8. The number of benzene rings is 3. The number of halogens is 2. The van der Waals surface area contributed by atoms with Gasteiger partial charge < -0.3 is 14.9 Å². The van der Waals surface area contributed by atoms with Crippen LogP contribution in [-0.2, 0) is 16.1 Å². The van der Waals surface area contributed by atoms with E-state index in [-0.39, 0.29) is 31.4 Å². The highest BCUT2D eigenvalue weighted by Crippen LogP contribution is 2.34. The van der Waals surface area contributed by atoms with Crippen molar-refractivity contribution in [2.75, 3.05) is 6.54 Å². The molecule has 1 heterocycles. The standard InChI is InChI=1S/C24H20ClN3O3.ClH/c1-15-18(17-6-3-2-4-7-17)8-5-9-19(15)23-27-28-24(31-23)20-12-16(10-11-21(20)25)14-30-22(29)13-26;/h2-12H,13-14,26H2,1H3;1H. The van der Waals surface area contributed by atoms with Gasteiger partial charge in [0, 0.05) is 5.56 Å². The summed E-state index contributed by atoms with van der Waals surface area (Å²) in [6, 6.07) is 21.3. The molecular weight excluding hydrogens is 449 g/mol. The van der Waals surface area contributed by atoms with E-state index in [0.29, 0.717) is 16.5 Å². The summed E-state index contributed by atoms with van der Waals surface area (Å²) in [6.07, 6.45) is 0. The summed E-state index contributed by atoms with van der Waals surface area (Å²) in [5.74, 6) is 0.211. The average Bonchev–Trinajstić information content (AvgIpc) is 3.28. The van der Waals surface area contributed by atoms with E-state index in [1.54, 1.807) is 18.2 Å². The number of carbonyl (C=O) groups is 1. The van der Waals surface area contributed by atoms with Gasteiger partial charge in [0.25, 0.3) is 0 Å². The van der Waals surface area contributed by atoms with E-state index < -0.39 is 5.97 Å². The maximum Gasteiger partial charge on any atom is 0.320 e. The Morgan fingerprint density at radius 1 is 0.969 bits per heavy atom. The van der Waals surface area contributed by atoms with Gasteiger partial charge in [0.15, 0.2) is 0 Å². The Morgan fingerprint density at radius 3 is 2.38 bits per heavy atom. The molecule has 32 heavy (non-hydrogen) atoms. The zero-order valence-electron chi connectivity index (χ0n) is 17.2. The second-order valence-electron chi connectivity index (χ2n) is 6.94. The highest BCUT2D eigenvalue weighted by molar-refractivity contribution is 6.33. The molecule has 0 atom stereocenters. The van der Waals surface area contributed by atoms with Crippen LogP contribution in [0.3, 0.4) is 0 Å². The molecule has 0 bridgehead atoms. The van der Waals surface area contributed by atoms with E-state index in [4.69, 9.17) is 26.5 Å². The third-order valence-corrected chi connectivity index (χ3v) is 5.23. The normalized spacial score (nSPS) is 10.5. The van der Waals surface area contributed by atoms with Crippen molar-refractivity contribution in [1.82, 2.24) is 10.2 Å². The van der Waals surface area contributed by atoms with Gasteiger partial charge in [-0.25, -0.2) is 0 Å². The van der Waals surface area contributed by atoms with Crippen molar-refractivity contribution in [3.05, 3.63) is 82.9 Å². The Kier molecular flexibility index (Phi) is 7.64. The number of esters is 1. The molecule has 0 radical (unpaired) electrons. The largest absolute Gasteiger partial charge is 0.460 e. The second kappa shape index (κ2) is 10.4. The van der Waals surface area contributed by atoms with Gasteiger partial charge in [0.2, 0.25) is 11.8 Å². The smallest absolute Gasteiger partial charge is 0.320 e. The number of nitrogens with zero attached hydrogens (tertiary/aromatic N) is 2. The average molecular weight is 470 g/mol. The van der Waals surface area contributed by atoms with Crippen LogP contribution in [0.2, 0.25) is 5.02 Å². The number of aromatic nitrogens is 2. The number of nitrogens with two attached hydrogens (primary N) is 1. The highest BCUT2D eigenvalue weighted by Gasteiger charge is 2.17. The van der Waals surface area contributed by atoms with E-state index in [9.17, 15) is 4.79 Å². The fourth-order valence-electron chi connectivity index (χ4n) is 3.29. The minimum atomic E-state index is -0.481. The molecule has 164 valence electrons. The fraction of sp³-hybridized carbons (Fsp3) is 0.125. The molecule has 6 nitrogen and oxygen atoms in total. The van der Waals surface area contributed by atoms with Crippen molar-refractivity contribution in [3.8, 4) is 34.0 Å². The molecule has 0 aliphatic heterocycles. The Balaban J connectivity index is 0.00000289. The van der Waals surface area contributed by atoms with Crippen molar-refractivity contribution in [2.45, 2.75) is 13.5 Å². The van der Waals surface area contributed by atoms with Crippen LogP contribution < -0.4 is 5.73 Å². The fourth-order valence-corrected chi connectivity index (χ4v) is 3.49. The highest BCUT2D eigenvalue weighted by atomic mass is 35.5. The number of carbonyl (C=O) groups excluding carboxylic acids is 1. The quantitative estimate of drug-likeness (QED) is 0.377. The topological polar surface area (TPSA) is 91.2 Å². The third-order valence-electron chi connectivity index (χ3n) is 4.90. The zero-order chi connectivity index (χ0) is 21.8. The van der Waals surface area contributed by atoms with Crippen molar-refractivity contribution < 1.29 is 13.9 Å². The van der Waals surface area contributed by atoms with E-state index >= 15 is 0 Å². The van der Waals surface area contributed by atoms with Crippen molar-refractivity contribution in [3.63, 3.8) is 0 Å². The van der Waals surface area contributed by atoms with Crippen LogP contribution in [0.5, 0.6) is 0 Å². The minimum absolute atomic E-state index is 0. The van der Waals surface area contributed by atoms with Gasteiger partial charge in [0.1, 0.15) is 6.61 Å². The van der Waals surface area contributed by atoms with E-state index in [1.165, 1.54) is 0 Å². The Hall–Kier alpha value is -3.19. The summed E-state index contributed by atoms with van der Waals surface area (Å²) >= 11 is 6.36. The van der Waals surface area contributed by atoms with E-state index in [1.807, 2.05) is 37.3 Å². The maximum absolute atomic E-state index is 11.3. The Bertz CT molecular complexity index is 1230. The van der Waals surface area contributed by atoms with Crippen LogP contribution in [-0.4, -0.2) is 22.7 Å². The van der Waals surface area contributed by atoms with Crippen LogP contribution in [0, 0.1) is 6.92 Å². The van der Waals surface area contributed by atoms with Gasteiger partial charge >= 0.3 is 5.97 Å². The van der Waals surface area contributed by atoms with Crippen LogP contribution in [0.15, 0.2) is 71.1 Å². The number of hydrogen-bond acceptors (Lipinski definition) is 6. The summed E-state index contributed by atoms with van der Waals surface area (Å²) in [6.45, 7) is 1.94. The molecule has 8 heteroatoms. The first kappa shape index (κ1) is 23.5. The molecule has 0 fully saturated rings. The van der Waals surface area contributed by atoms with Crippen LogP contribution in [0.4, 0.5) is 0 Å². The van der Waals surface area contributed by atoms with Gasteiger partial charge in [0.05, 0.1) is 17.1 Å². The lowest BCUT2D eigenvalue weighted by Crippen LogP contribution is -2.16. The molecule has 0 saturated heterocycles. The number of hydrogen-bond donors (Lipinski definition) is 1. The van der Waals surface area contributed by atoms with Gasteiger partial charge in [-0.05, 0) is 47.4 Å². The molecule has 0 aliphatic rings. The summed E-state index contributed by atoms with van der Waals surface area (Å²) in [7, 11) is 0. The summed E-state index contributed by atoms with van der Waals surface area (Å²) in [4.78, 5) is 11.3. The molecule has 3 aromatic carbocycles. The van der Waals surface area contributed by atoms with E-state index in [2.05, 4.69) is 28.4 Å². The van der Waals surface area contributed by atoms with Gasteiger partial charge in [-0.15, -0.1) is 22.6 Å². The molecule has 2 N–H and O–H groups in total. The Labute approximate surface area is 196 Å². The van der Waals surface area contributed by atoms with Crippen LogP contribution >= 0.6 is 24.0 Å². The monoisotopic (exact) mass is 469 g/mol. The van der Waals surface area contributed by atoms with Crippen LogP contribution in [0.25, 0.3) is 34.0 Å². The predicted octanol–water partition coefficient (Wildman–Crippen LogP) is 5.46. The SMILES string of the molecule is Cc1c(-c2ccccc2)cccc1-c1nnc(-c2cc(COC(=O)CN)ccc2Cl)o1.Cl. The molecule has 4 aromatic rings. The summed E-state index contributed by atoms with van der Waals surface area (Å²) in [5, 5.41) is 8.89. The number of ether oxygens (including phenoxy) is 1. The predicted molar refractivity (Wildman–Crippen MR) is 126 cm³/mol. The number of rotatable bonds is 6. The van der Waals surface area contributed by atoms with Gasteiger partial charge in [-0.3, -0.25) is 4.79 Å². The molecule has 0 spiro atoms. The lowest BCUT2D eigenvalue weighted by molar-refractivity contribution is -0.143. The summed E-state index contributed by atoms with van der Waals surface area (Å²) < 4.78 is 11.1. The molecule has 4 rings (SSSR count). The second-order valence-corrected chi connectivity index (χ2v) is 7.34. The minimum Gasteiger partial charge on any atom is -0.460 e. The maximum atomic E-state index is 11.3. The third kappa shape index (κ3) is 4.99. The molecule has 1 aromatic heterocycles. The first-order chi connectivity index (χ1) is 15.1. The molecule has 0 unspecified atom stereocenters. The molecule has 0 saturated carbocycles. The molecular formula is C24H21Cl2N3O3. The van der Waals surface area contributed by atoms with Crippen LogP contribution in [0.1, 0.15) is 11.1 Å². The first-order valence-corrected chi connectivity index (χ1v) is 10.1. The lowest BCUT2D eigenvalue weighted by Gasteiger charge is -2.09. The van der Waals surface area contributed by atoms with Gasteiger partial charge in [-0.1, -0.05) is 60.1 Å². The van der Waals surface area contributed by atoms with Crippen molar-refractivity contribution in [1.29, 1.82) is 0 Å².